The molecule has 0 aromatic carbocycles. The zero-order valence-corrected chi connectivity index (χ0v) is 10.0. The monoisotopic (exact) mass is 223 g/mol. The molecule has 0 fully saturated rings. The number of hydrogen-bond acceptors (Lipinski definition) is 3. The Bertz CT molecular complexity index is 344. The molecule has 0 saturated heterocycles. The van der Waals surface area contributed by atoms with E-state index in [4.69, 9.17) is 4.74 Å². The van der Waals surface area contributed by atoms with Crippen LogP contribution < -0.4 is 0 Å². The van der Waals surface area contributed by atoms with Crippen LogP contribution >= 0.6 is 0 Å². The Kier molecular flexibility index (Phi) is 4.01. The van der Waals surface area contributed by atoms with Crippen molar-refractivity contribution in [3.05, 3.63) is 23.3 Å². The van der Waals surface area contributed by atoms with Crippen molar-refractivity contribution < 1.29 is 14.3 Å². The predicted octanol–water partition coefficient (Wildman–Crippen LogP) is 1.28. The van der Waals surface area contributed by atoms with Crippen molar-refractivity contribution in [1.82, 2.24) is 4.90 Å². The van der Waals surface area contributed by atoms with Gasteiger partial charge >= 0.3 is 0 Å². The van der Waals surface area contributed by atoms with Crippen LogP contribution in [0.25, 0.3) is 0 Å². The van der Waals surface area contributed by atoms with E-state index in [-0.39, 0.29) is 11.8 Å². The Morgan fingerprint density at radius 1 is 1.25 bits per heavy atom. The fraction of sp³-hybridized carbons (Fsp3) is 0.500. The highest BCUT2D eigenvalue weighted by Gasteiger charge is 2.32. The van der Waals surface area contributed by atoms with E-state index < -0.39 is 0 Å². The molecule has 1 aliphatic heterocycles. The molecule has 0 saturated carbocycles. The average molecular weight is 223 g/mol. The third-order valence-corrected chi connectivity index (χ3v) is 2.50. The van der Waals surface area contributed by atoms with Crippen LogP contribution in [0.2, 0.25) is 0 Å². The van der Waals surface area contributed by atoms with Gasteiger partial charge in [-0.15, -0.1) is 0 Å². The van der Waals surface area contributed by atoms with E-state index >= 15 is 0 Å². The lowest BCUT2D eigenvalue weighted by Crippen LogP contribution is -2.34. The van der Waals surface area contributed by atoms with Crippen molar-refractivity contribution in [2.45, 2.75) is 20.8 Å². The van der Waals surface area contributed by atoms with E-state index in [2.05, 4.69) is 6.58 Å². The van der Waals surface area contributed by atoms with Crippen molar-refractivity contribution in [2.75, 3.05) is 19.8 Å². The van der Waals surface area contributed by atoms with Gasteiger partial charge in [-0.2, -0.15) is 0 Å². The topological polar surface area (TPSA) is 46.6 Å². The number of carbonyl (C=O) groups is 2. The minimum Gasteiger partial charge on any atom is -0.375 e. The van der Waals surface area contributed by atoms with Gasteiger partial charge in [-0.3, -0.25) is 14.5 Å². The standard InChI is InChI=1S/C12H17NO3/c1-8(2)7-16-6-5-13-11(14)9(3)10(4)12(13)15/h1,5-7H2,2-4H3. The van der Waals surface area contributed by atoms with Gasteiger partial charge in [0.05, 0.1) is 19.8 Å². The van der Waals surface area contributed by atoms with Gasteiger partial charge in [0.1, 0.15) is 0 Å². The fourth-order valence-corrected chi connectivity index (χ4v) is 1.42. The Morgan fingerprint density at radius 2 is 1.75 bits per heavy atom. The summed E-state index contributed by atoms with van der Waals surface area (Å²) in [6.07, 6.45) is 0. The first kappa shape index (κ1) is 12.6. The van der Waals surface area contributed by atoms with Crippen LogP contribution in [0, 0.1) is 0 Å². The Labute approximate surface area is 95.6 Å². The Morgan fingerprint density at radius 3 is 2.19 bits per heavy atom. The summed E-state index contributed by atoms with van der Waals surface area (Å²) in [6, 6.07) is 0. The molecular formula is C12H17NO3. The third-order valence-electron chi connectivity index (χ3n) is 2.50. The number of imide groups is 1. The normalized spacial score (nSPS) is 16.3. The molecule has 4 heteroatoms. The summed E-state index contributed by atoms with van der Waals surface area (Å²) in [4.78, 5) is 24.5. The number of rotatable bonds is 5. The zero-order chi connectivity index (χ0) is 12.3. The lowest BCUT2D eigenvalue weighted by Gasteiger charge is -2.14. The summed E-state index contributed by atoms with van der Waals surface area (Å²) in [5, 5.41) is 0. The van der Waals surface area contributed by atoms with Gasteiger partial charge in [0, 0.05) is 11.1 Å². The lowest BCUT2D eigenvalue weighted by molar-refractivity contribution is -0.138. The number of ether oxygens (including phenoxy) is 1. The van der Waals surface area contributed by atoms with Crippen molar-refractivity contribution >= 4 is 11.8 Å². The van der Waals surface area contributed by atoms with Crippen LogP contribution in [0.1, 0.15) is 20.8 Å². The largest absolute Gasteiger partial charge is 0.375 e. The van der Waals surface area contributed by atoms with E-state index in [1.54, 1.807) is 13.8 Å². The third kappa shape index (κ3) is 2.58. The first-order chi connectivity index (χ1) is 7.45. The summed E-state index contributed by atoms with van der Waals surface area (Å²) in [5.74, 6) is -0.414. The van der Waals surface area contributed by atoms with Gasteiger partial charge in [0.25, 0.3) is 11.8 Å². The smallest absolute Gasteiger partial charge is 0.256 e. The summed E-state index contributed by atoms with van der Waals surface area (Å²) < 4.78 is 5.26. The molecule has 0 unspecified atom stereocenters. The molecule has 0 atom stereocenters. The SMILES string of the molecule is C=C(C)COCCN1C(=O)C(C)=C(C)C1=O. The van der Waals surface area contributed by atoms with Crippen molar-refractivity contribution in [1.29, 1.82) is 0 Å². The van der Waals surface area contributed by atoms with E-state index in [1.165, 1.54) is 4.90 Å². The molecule has 2 amide bonds. The molecular weight excluding hydrogens is 206 g/mol. The summed E-state index contributed by atoms with van der Waals surface area (Å²) in [5.41, 5.74) is 1.99. The van der Waals surface area contributed by atoms with Gasteiger partial charge in [-0.1, -0.05) is 12.2 Å². The van der Waals surface area contributed by atoms with Crippen molar-refractivity contribution in [3.63, 3.8) is 0 Å². The summed E-state index contributed by atoms with van der Waals surface area (Å²) in [7, 11) is 0. The zero-order valence-electron chi connectivity index (χ0n) is 10.0. The minimum atomic E-state index is -0.207. The average Bonchev–Trinajstić information content (AvgIpc) is 2.40. The molecule has 0 radical (unpaired) electrons. The van der Waals surface area contributed by atoms with Gasteiger partial charge in [-0.05, 0) is 20.8 Å². The fourth-order valence-electron chi connectivity index (χ4n) is 1.42. The van der Waals surface area contributed by atoms with E-state index in [1.807, 2.05) is 6.92 Å². The quantitative estimate of drug-likeness (QED) is 0.401. The molecule has 0 spiro atoms. The van der Waals surface area contributed by atoms with Gasteiger partial charge < -0.3 is 4.74 Å². The highest BCUT2D eigenvalue weighted by molar-refractivity contribution is 6.18. The number of hydrogen-bond donors (Lipinski definition) is 0. The number of nitrogens with zero attached hydrogens (tertiary/aromatic N) is 1. The van der Waals surface area contributed by atoms with E-state index in [0.717, 1.165) is 5.57 Å². The van der Waals surface area contributed by atoms with Crippen LogP contribution in [0.3, 0.4) is 0 Å². The van der Waals surface area contributed by atoms with Crippen LogP contribution in [-0.2, 0) is 14.3 Å². The van der Waals surface area contributed by atoms with Crippen LogP contribution in [0.5, 0.6) is 0 Å². The molecule has 1 heterocycles. The lowest BCUT2D eigenvalue weighted by atomic mass is 10.2. The molecule has 0 aromatic rings. The van der Waals surface area contributed by atoms with Crippen LogP contribution in [0.15, 0.2) is 23.3 Å². The Hall–Kier alpha value is -1.42. The molecule has 0 bridgehead atoms. The van der Waals surface area contributed by atoms with Crippen LogP contribution in [-0.4, -0.2) is 36.5 Å². The van der Waals surface area contributed by atoms with E-state index in [0.29, 0.717) is 30.9 Å². The highest BCUT2D eigenvalue weighted by Crippen LogP contribution is 2.18. The Balaban J connectivity index is 2.43. The molecule has 4 nitrogen and oxygen atoms in total. The van der Waals surface area contributed by atoms with Gasteiger partial charge in [0.15, 0.2) is 0 Å². The molecule has 1 rings (SSSR count). The number of carbonyl (C=O) groups excluding carboxylic acids is 2. The molecule has 1 aliphatic rings. The maximum atomic E-state index is 11.6. The van der Waals surface area contributed by atoms with E-state index in [9.17, 15) is 9.59 Å². The first-order valence-electron chi connectivity index (χ1n) is 5.21. The summed E-state index contributed by atoms with van der Waals surface area (Å²) in [6.45, 7) is 10.0. The van der Waals surface area contributed by atoms with Crippen molar-refractivity contribution in [3.8, 4) is 0 Å². The maximum absolute atomic E-state index is 11.6. The summed E-state index contributed by atoms with van der Waals surface area (Å²) >= 11 is 0. The first-order valence-corrected chi connectivity index (χ1v) is 5.21. The second-order valence-corrected chi connectivity index (χ2v) is 4.02. The van der Waals surface area contributed by atoms with Gasteiger partial charge in [-0.25, -0.2) is 0 Å². The minimum absolute atomic E-state index is 0.207. The molecule has 16 heavy (non-hydrogen) atoms. The highest BCUT2D eigenvalue weighted by atomic mass is 16.5. The van der Waals surface area contributed by atoms with Crippen molar-refractivity contribution in [2.24, 2.45) is 0 Å². The molecule has 0 N–H and O–H groups in total. The second kappa shape index (κ2) is 5.07. The maximum Gasteiger partial charge on any atom is 0.256 e. The molecule has 88 valence electrons. The number of amides is 2. The second-order valence-electron chi connectivity index (χ2n) is 4.02. The van der Waals surface area contributed by atoms with Crippen LogP contribution in [0.4, 0.5) is 0 Å². The predicted molar refractivity (Wildman–Crippen MR) is 60.7 cm³/mol. The molecule has 0 aromatic heterocycles. The molecule has 0 aliphatic carbocycles. The van der Waals surface area contributed by atoms with Gasteiger partial charge in [0.2, 0.25) is 0 Å².